The first-order valence-corrected chi connectivity index (χ1v) is 7.15. The minimum Gasteiger partial charge on any atom is -0.370 e. The molecule has 0 bridgehead atoms. The standard InChI is InChI=1S/C15H25N3/c1-3-16-15-10-14(8-9-17-15)12-18(2)11-13-6-4-5-7-13/h8-10,13H,3-7,11-12H2,1-2H3,(H,16,17). The van der Waals surface area contributed by atoms with E-state index in [-0.39, 0.29) is 0 Å². The fraction of sp³-hybridized carbons (Fsp3) is 0.667. The van der Waals surface area contributed by atoms with Crippen LogP contribution in [0.1, 0.15) is 38.2 Å². The summed E-state index contributed by atoms with van der Waals surface area (Å²) in [6, 6.07) is 4.28. The van der Waals surface area contributed by atoms with E-state index in [2.05, 4.69) is 41.3 Å². The fourth-order valence-corrected chi connectivity index (χ4v) is 2.86. The van der Waals surface area contributed by atoms with E-state index < -0.39 is 0 Å². The molecular weight excluding hydrogens is 222 g/mol. The van der Waals surface area contributed by atoms with Gasteiger partial charge in [0.2, 0.25) is 0 Å². The van der Waals surface area contributed by atoms with Crippen molar-refractivity contribution in [1.29, 1.82) is 0 Å². The number of rotatable bonds is 6. The molecule has 3 nitrogen and oxygen atoms in total. The summed E-state index contributed by atoms with van der Waals surface area (Å²) in [4.78, 5) is 6.76. The summed E-state index contributed by atoms with van der Waals surface area (Å²) in [5.74, 6) is 1.91. The van der Waals surface area contributed by atoms with Crippen LogP contribution in [0.5, 0.6) is 0 Å². The molecular formula is C15H25N3. The van der Waals surface area contributed by atoms with E-state index in [0.29, 0.717) is 0 Å². The second-order valence-electron chi connectivity index (χ2n) is 5.43. The maximum Gasteiger partial charge on any atom is 0.126 e. The number of hydrogen-bond acceptors (Lipinski definition) is 3. The molecule has 0 radical (unpaired) electrons. The molecule has 1 aliphatic carbocycles. The van der Waals surface area contributed by atoms with E-state index >= 15 is 0 Å². The van der Waals surface area contributed by atoms with Crippen molar-refractivity contribution in [1.82, 2.24) is 9.88 Å². The molecule has 0 spiro atoms. The van der Waals surface area contributed by atoms with Crippen molar-refractivity contribution in [3.8, 4) is 0 Å². The van der Waals surface area contributed by atoms with Crippen molar-refractivity contribution >= 4 is 5.82 Å². The van der Waals surface area contributed by atoms with Crippen LogP contribution in [0.4, 0.5) is 5.82 Å². The Morgan fingerprint density at radius 1 is 1.39 bits per heavy atom. The lowest BCUT2D eigenvalue weighted by Gasteiger charge is -2.21. The molecule has 0 amide bonds. The summed E-state index contributed by atoms with van der Waals surface area (Å²) in [6.07, 6.45) is 7.60. The van der Waals surface area contributed by atoms with Gasteiger partial charge in [-0.25, -0.2) is 4.98 Å². The monoisotopic (exact) mass is 247 g/mol. The average Bonchev–Trinajstić information content (AvgIpc) is 2.82. The largest absolute Gasteiger partial charge is 0.370 e. The highest BCUT2D eigenvalue weighted by molar-refractivity contribution is 5.37. The van der Waals surface area contributed by atoms with Gasteiger partial charge in [0.05, 0.1) is 0 Å². The van der Waals surface area contributed by atoms with E-state index in [4.69, 9.17) is 0 Å². The van der Waals surface area contributed by atoms with Crippen molar-refractivity contribution in [2.24, 2.45) is 5.92 Å². The third-order valence-corrected chi connectivity index (χ3v) is 3.68. The van der Waals surface area contributed by atoms with Gasteiger partial charge in [0.1, 0.15) is 5.82 Å². The van der Waals surface area contributed by atoms with Crippen LogP contribution in [-0.4, -0.2) is 30.0 Å². The summed E-state index contributed by atoms with van der Waals surface area (Å²) in [5, 5.41) is 3.26. The molecule has 1 aromatic rings. The Hall–Kier alpha value is -1.09. The van der Waals surface area contributed by atoms with E-state index in [9.17, 15) is 0 Å². The van der Waals surface area contributed by atoms with E-state index in [1.807, 2.05) is 6.20 Å². The Bertz CT molecular complexity index is 359. The maximum absolute atomic E-state index is 4.31. The Balaban J connectivity index is 1.85. The van der Waals surface area contributed by atoms with Gasteiger partial charge < -0.3 is 10.2 Å². The van der Waals surface area contributed by atoms with E-state index in [1.165, 1.54) is 37.8 Å². The van der Waals surface area contributed by atoms with Crippen LogP contribution in [0.3, 0.4) is 0 Å². The lowest BCUT2D eigenvalue weighted by atomic mass is 10.1. The highest BCUT2D eigenvalue weighted by atomic mass is 15.1. The molecule has 1 heterocycles. The average molecular weight is 247 g/mol. The molecule has 2 rings (SSSR count). The number of pyridine rings is 1. The minimum absolute atomic E-state index is 0.921. The summed E-state index contributed by atoms with van der Waals surface area (Å²) < 4.78 is 0. The Labute approximate surface area is 111 Å². The van der Waals surface area contributed by atoms with Crippen LogP contribution in [0.25, 0.3) is 0 Å². The van der Waals surface area contributed by atoms with Crippen LogP contribution >= 0.6 is 0 Å². The first-order valence-electron chi connectivity index (χ1n) is 7.15. The maximum atomic E-state index is 4.31. The number of nitrogens with zero attached hydrogens (tertiary/aromatic N) is 2. The van der Waals surface area contributed by atoms with Gasteiger partial charge in [0.15, 0.2) is 0 Å². The molecule has 0 saturated heterocycles. The molecule has 0 atom stereocenters. The van der Waals surface area contributed by atoms with Crippen molar-refractivity contribution in [3.05, 3.63) is 23.9 Å². The first-order chi connectivity index (χ1) is 8.78. The van der Waals surface area contributed by atoms with Gasteiger partial charge in [-0.2, -0.15) is 0 Å². The normalized spacial score (nSPS) is 16.4. The highest BCUT2D eigenvalue weighted by Crippen LogP contribution is 2.25. The summed E-state index contributed by atoms with van der Waals surface area (Å²) in [5.41, 5.74) is 1.35. The molecule has 0 aliphatic heterocycles. The SMILES string of the molecule is CCNc1cc(CN(C)CC2CCCC2)ccn1. The molecule has 1 N–H and O–H groups in total. The van der Waals surface area contributed by atoms with Gasteiger partial charge in [-0.15, -0.1) is 0 Å². The van der Waals surface area contributed by atoms with Gasteiger partial charge in [-0.3, -0.25) is 0 Å². The summed E-state index contributed by atoms with van der Waals surface area (Å²) >= 11 is 0. The third-order valence-electron chi connectivity index (χ3n) is 3.68. The van der Waals surface area contributed by atoms with Crippen LogP contribution in [0, 0.1) is 5.92 Å². The van der Waals surface area contributed by atoms with E-state index in [0.717, 1.165) is 24.8 Å². The van der Waals surface area contributed by atoms with Crippen LogP contribution in [0.2, 0.25) is 0 Å². The molecule has 3 heteroatoms. The smallest absolute Gasteiger partial charge is 0.126 e. The zero-order chi connectivity index (χ0) is 12.8. The van der Waals surface area contributed by atoms with Gasteiger partial charge in [0, 0.05) is 25.8 Å². The molecule has 1 aliphatic rings. The number of hydrogen-bond donors (Lipinski definition) is 1. The van der Waals surface area contributed by atoms with Crippen molar-refractivity contribution in [2.45, 2.75) is 39.2 Å². The number of nitrogens with one attached hydrogen (secondary N) is 1. The second-order valence-corrected chi connectivity index (χ2v) is 5.43. The molecule has 1 saturated carbocycles. The van der Waals surface area contributed by atoms with Gasteiger partial charge in [-0.05, 0) is 50.4 Å². The van der Waals surface area contributed by atoms with Gasteiger partial charge >= 0.3 is 0 Å². The lowest BCUT2D eigenvalue weighted by Crippen LogP contribution is -2.24. The second kappa shape index (κ2) is 6.74. The van der Waals surface area contributed by atoms with Crippen LogP contribution in [0.15, 0.2) is 18.3 Å². The predicted octanol–water partition coefficient (Wildman–Crippen LogP) is 3.14. The highest BCUT2D eigenvalue weighted by Gasteiger charge is 2.16. The Morgan fingerprint density at radius 3 is 2.89 bits per heavy atom. The van der Waals surface area contributed by atoms with Crippen LogP contribution < -0.4 is 5.32 Å². The van der Waals surface area contributed by atoms with Crippen molar-refractivity contribution < 1.29 is 0 Å². The zero-order valence-corrected chi connectivity index (χ0v) is 11.7. The quantitative estimate of drug-likeness (QED) is 0.837. The van der Waals surface area contributed by atoms with E-state index in [1.54, 1.807) is 0 Å². The first kappa shape index (κ1) is 13.3. The zero-order valence-electron chi connectivity index (χ0n) is 11.7. The summed E-state index contributed by atoms with van der Waals surface area (Å²) in [6.45, 7) is 5.28. The molecule has 18 heavy (non-hydrogen) atoms. The Kier molecular flexibility index (Phi) is 5.00. The predicted molar refractivity (Wildman–Crippen MR) is 76.7 cm³/mol. The lowest BCUT2D eigenvalue weighted by molar-refractivity contribution is 0.271. The van der Waals surface area contributed by atoms with Crippen LogP contribution in [-0.2, 0) is 6.54 Å². The van der Waals surface area contributed by atoms with Crippen molar-refractivity contribution in [2.75, 3.05) is 25.5 Å². The number of aromatic nitrogens is 1. The molecule has 0 aromatic carbocycles. The molecule has 1 fully saturated rings. The number of anilines is 1. The molecule has 100 valence electrons. The fourth-order valence-electron chi connectivity index (χ4n) is 2.86. The van der Waals surface area contributed by atoms with Gasteiger partial charge in [-0.1, -0.05) is 12.8 Å². The molecule has 0 unspecified atom stereocenters. The van der Waals surface area contributed by atoms with Gasteiger partial charge in [0.25, 0.3) is 0 Å². The minimum atomic E-state index is 0.921. The van der Waals surface area contributed by atoms with Crippen molar-refractivity contribution in [3.63, 3.8) is 0 Å². The topological polar surface area (TPSA) is 28.2 Å². The Morgan fingerprint density at radius 2 is 2.17 bits per heavy atom. The summed E-state index contributed by atoms with van der Waals surface area (Å²) in [7, 11) is 2.23. The molecule has 1 aromatic heterocycles. The third kappa shape index (κ3) is 3.98.